The Hall–Kier alpha value is -3.87. The number of rotatable bonds is 11. The van der Waals surface area contributed by atoms with Gasteiger partial charge >= 0.3 is 6.03 Å². The first-order chi connectivity index (χ1) is 28.6. The van der Waals surface area contributed by atoms with Crippen LogP contribution in [0.25, 0.3) is 0 Å². The molecule has 7 heterocycles. The van der Waals surface area contributed by atoms with Gasteiger partial charge in [0, 0.05) is 70.5 Å². The van der Waals surface area contributed by atoms with Crippen molar-refractivity contribution in [2.75, 3.05) is 84.4 Å². The summed E-state index contributed by atoms with van der Waals surface area (Å²) in [6.07, 6.45) is 8.68. The van der Waals surface area contributed by atoms with Crippen LogP contribution in [0.1, 0.15) is 75.7 Å². The van der Waals surface area contributed by atoms with Gasteiger partial charge in [0.25, 0.3) is 0 Å². The highest BCUT2D eigenvalue weighted by atomic mass is 16.2. The minimum absolute atomic E-state index is 0.0119. The molecule has 6 unspecified atom stereocenters. The third kappa shape index (κ3) is 10.0. The number of nitrogens with one attached hydrogen (secondary N) is 6. The molecule has 1 aromatic carbocycles. The van der Waals surface area contributed by atoms with E-state index in [4.69, 9.17) is 5.73 Å². The van der Waals surface area contributed by atoms with E-state index >= 15 is 0 Å². The molecule has 8 N–H and O–H groups in total. The molecule has 17 heteroatoms. The number of nitrogens with two attached hydrogens (primary N) is 1. The summed E-state index contributed by atoms with van der Waals surface area (Å²) in [5.41, 5.74) is 8.17. The number of hydrogen-bond donors (Lipinski definition) is 7. The zero-order chi connectivity index (χ0) is 41.0. The van der Waals surface area contributed by atoms with Crippen molar-refractivity contribution in [3.05, 3.63) is 29.8 Å². The van der Waals surface area contributed by atoms with Crippen LogP contribution < -0.4 is 37.6 Å². The molecular formula is C42H66N12O5. The molecule has 8 rings (SSSR count). The molecular weight excluding hydrogens is 753 g/mol. The Balaban J connectivity index is 0.744. The number of anilines is 1. The van der Waals surface area contributed by atoms with Crippen LogP contribution in [-0.4, -0.2) is 176 Å². The van der Waals surface area contributed by atoms with E-state index in [1.54, 1.807) is 4.90 Å². The van der Waals surface area contributed by atoms with E-state index in [9.17, 15) is 24.0 Å². The van der Waals surface area contributed by atoms with Crippen molar-refractivity contribution in [1.82, 2.24) is 51.1 Å². The molecule has 17 nitrogen and oxygen atoms in total. The molecule has 0 spiro atoms. The summed E-state index contributed by atoms with van der Waals surface area (Å²) in [6.45, 7) is 10.2. The minimum atomic E-state index is -0.631. The van der Waals surface area contributed by atoms with Crippen molar-refractivity contribution in [2.24, 2.45) is 11.7 Å². The quantitative estimate of drug-likeness (QED) is 0.143. The van der Waals surface area contributed by atoms with Crippen LogP contribution in [0.5, 0.6) is 0 Å². The zero-order valence-electron chi connectivity index (χ0n) is 34.7. The van der Waals surface area contributed by atoms with E-state index in [0.717, 1.165) is 110 Å². The first-order valence-electron chi connectivity index (χ1n) is 22.3. The van der Waals surface area contributed by atoms with E-state index in [-0.39, 0.29) is 48.7 Å². The number of carbonyl (C=O) groups is 5. The fraction of sp³-hybridized carbons (Fsp3) is 0.738. The van der Waals surface area contributed by atoms with Crippen molar-refractivity contribution in [3.8, 4) is 0 Å². The van der Waals surface area contributed by atoms with Gasteiger partial charge in [0.1, 0.15) is 18.2 Å². The molecule has 0 aliphatic carbocycles. The Morgan fingerprint density at radius 3 is 2.27 bits per heavy atom. The van der Waals surface area contributed by atoms with Gasteiger partial charge in [-0.3, -0.25) is 39.6 Å². The first-order valence-corrected chi connectivity index (χ1v) is 22.3. The number of carbonyl (C=O) groups excluding carboxylic acids is 5. The summed E-state index contributed by atoms with van der Waals surface area (Å²) in [7, 11) is 1.87. The molecule has 7 atom stereocenters. The van der Waals surface area contributed by atoms with Crippen molar-refractivity contribution < 1.29 is 24.0 Å². The van der Waals surface area contributed by atoms with E-state index < -0.39 is 23.9 Å². The Kier molecular flexibility index (Phi) is 13.3. The van der Waals surface area contributed by atoms with Crippen LogP contribution in [0, 0.1) is 5.92 Å². The lowest BCUT2D eigenvalue weighted by atomic mass is 9.88. The molecule has 59 heavy (non-hydrogen) atoms. The molecule has 0 saturated carbocycles. The molecule has 7 aliphatic rings. The summed E-state index contributed by atoms with van der Waals surface area (Å²) in [5.74, 6) is 0.00335. The molecule has 7 saturated heterocycles. The third-order valence-corrected chi connectivity index (χ3v) is 14.3. The second kappa shape index (κ2) is 18.8. The largest absolute Gasteiger partial charge is 0.368 e. The molecule has 7 aliphatic heterocycles. The monoisotopic (exact) mass is 819 g/mol. The summed E-state index contributed by atoms with van der Waals surface area (Å²) in [6, 6.07) is 7.98. The Bertz CT molecular complexity index is 1660. The lowest BCUT2D eigenvalue weighted by Gasteiger charge is -2.46. The summed E-state index contributed by atoms with van der Waals surface area (Å²) in [4.78, 5) is 73.0. The van der Waals surface area contributed by atoms with E-state index in [1.165, 1.54) is 18.4 Å². The molecule has 6 amide bonds. The average Bonchev–Trinajstić information content (AvgIpc) is 3.59. The van der Waals surface area contributed by atoms with Gasteiger partial charge in [-0.25, -0.2) is 4.79 Å². The lowest BCUT2D eigenvalue weighted by Crippen LogP contribution is -2.71. The Labute approximate surface area is 348 Å². The lowest BCUT2D eigenvalue weighted by molar-refractivity contribution is -0.137. The molecule has 324 valence electrons. The van der Waals surface area contributed by atoms with Gasteiger partial charge in [0.2, 0.25) is 23.6 Å². The van der Waals surface area contributed by atoms with E-state index in [2.05, 4.69) is 70.9 Å². The maximum Gasteiger partial charge on any atom is 0.320 e. The number of likely N-dealkylation sites (tertiary alicyclic amines) is 3. The van der Waals surface area contributed by atoms with Crippen LogP contribution in [0.15, 0.2) is 24.3 Å². The molecule has 1 aromatic rings. The zero-order valence-corrected chi connectivity index (χ0v) is 34.7. The van der Waals surface area contributed by atoms with Crippen LogP contribution in [0.3, 0.4) is 0 Å². The number of imide groups is 1. The second-order valence-corrected chi connectivity index (χ2v) is 18.2. The number of likely N-dealkylation sites (N-methyl/N-ethyl adjacent to an activating group) is 1. The van der Waals surface area contributed by atoms with Crippen molar-refractivity contribution in [3.63, 3.8) is 0 Å². The first kappa shape index (κ1) is 41.8. The number of piperazine rings is 1. The van der Waals surface area contributed by atoms with Gasteiger partial charge in [0.15, 0.2) is 0 Å². The van der Waals surface area contributed by atoms with Crippen LogP contribution in [0.4, 0.5) is 10.5 Å². The van der Waals surface area contributed by atoms with Gasteiger partial charge in [-0.2, -0.15) is 0 Å². The second-order valence-electron chi connectivity index (χ2n) is 18.2. The highest BCUT2D eigenvalue weighted by Crippen LogP contribution is 2.31. The normalized spacial score (nSPS) is 32.6. The highest BCUT2D eigenvalue weighted by Gasteiger charge is 2.40. The average molecular weight is 819 g/mol. The van der Waals surface area contributed by atoms with E-state index in [0.29, 0.717) is 30.8 Å². The number of hydrogen-bond acceptors (Lipinski definition) is 12. The van der Waals surface area contributed by atoms with Crippen molar-refractivity contribution in [1.29, 1.82) is 0 Å². The third-order valence-electron chi connectivity index (χ3n) is 14.3. The molecule has 0 radical (unpaired) electrons. The van der Waals surface area contributed by atoms with Gasteiger partial charge in [-0.15, -0.1) is 0 Å². The maximum atomic E-state index is 12.8. The number of amides is 6. The molecule has 0 aromatic heterocycles. The Morgan fingerprint density at radius 2 is 1.59 bits per heavy atom. The maximum absolute atomic E-state index is 12.8. The van der Waals surface area contributed by atoms with Crippen molar-refractivity contribution >= 4 is 35.3 Å². The number of nitrogens with zero attached hydrogens (tertiary/aromatic N) is 5. The smallest absolute Gasteiger partial charge is 0.320 e. The predicted octanol–water partition coefficient (Wildman–Crippen LogP) is -0.437. The van der Waals surface area contributed by atoms with Crippen LogP contribution >= 0.6 is 0 Å². The summed E-state index contributed by atoms with van der Waals surface area (Å²) >= 11 is 0. The van der Waals surface area contributed by atoms with E-state index in [1.807, 2.05) is 11.9 Å². The SMILES string of the molecule is CN1CCN([C@@H]2CCCN(C3CNC(C(N)=O)C(Nc4ccc(C5CCN(CC6CCN(C7CCC(C(=O)NC8CCC(=O)NC8=O)NC7)CC6)CC5)cc4)N3)C2)C1=O. The predicted molar refractivity (Wildman–Crippen MR) is 223 cm³/mol. The van der Waals surface area contributed by atoms with Crippen LogP contribution in [0.2, 0.25) is 0 Å². The topological polar surface area (TPSA) is 200 Å². The van der Waals surface area contributed by atoms with Gasteiger partial charge in [-0.1, -0.05) is 12.1 Å². The number of urea groups is 1. The van der Waals surface area contributed by atoms with Gasteiger partial charge < -0.3 is 41.7 Å². The van der Waals surface area contributed by atoms with Gasteiger partial charge in [0.05, 0.1) is 12.2 Å². The highest BCUT2D eigenvalue weighted by molar-refractivity contribution is 6.02. The molecule has 0 bridgehead atoms. The number of piperidine rings is 5. The Morgan fingerprint density at radius 1 is 0.814 bits per heavy atom. The van der Waals surface area contributed by atoms with Crippen LogP contribution in [-0.2, 0) is 19.2 Å². The molecule has 7 fully saturated rings. The summed E-state index contributed by atoms with van der Waals surface area (Å²) < 4.78 is 0. The standard InChI is InChI=1S/C42H66N12O5/c1-50-21-22-54(42(50)59)32-3-2-16-53(26-32)35-24-45-37(38(43)56)39(48-35)46-30-6-4-28(5-7-30)29-14-17-51(18-15-29)25-27-12-19-52(20-13-27)31-8-9-33(44-23-31)40(57)47-34-10-11-36(55)49-41(34)58/h4-7,27,29,31-35,37,39,44-46,48H,2-3,8-26H2,1H3,(H2,43,56)(H,47,57)(H,49,55,58)/t31?,32-,33?,34?,35?,37?,39?/m1/s1. The van der Waals surface area contributed by atoms with Gasteiger partial charge in [-0.05, 0) is 120 Å². The number of primary amides is 1. The fourth-order valence-corrected chi connectivity index (χ4v) is 10.7. The summed E-state index contributed by atoms with van der Waals surface area (Å²) in [5, 5.41) is 19.2. The fourth-order valence-electron chi connectivity index (χ4n) is 10.7. The number of benzene rings is 1. The van der Waals surface area contributed by atoms with Crippen molar-refractivity contribution in [2.45, 2.75) is 113 Å². The minimum Gasteiger partial charge on any atom is -0.368 e.